The molecule has 54 heavy (non-hydrogen) atoms. The number of esters is 1. The highest BCUT2D eigenvalue weighted by Crippen LogP contribution is 2.45. The summed E-state index contributed by atoms with van der Waals surface area (Å²) >= 11 is 0. The van der Waals surface area contributed by atoms with E-state index in [1.54, 1.807) is 44.6 Å². The number of methoxy groups -OCH3 is 1. The summed E-state index contributed by atoms with van der Waals surface area (Å²) in [7, 11) is -0.876. The van der Waals surface area contributed by atoms with Crippen LogP contribution in [0.15, 0.2) is 37.1 Å². The number of nitrogens with zero attached hydrogens (tertiary/aromatic N) is 4. The van der Waals surface area contributed by atoms with Crippen LogP contribution in [0, 0.1) is 23.7 Å². The molecule has 8 atom stereocenters. The van der Waals surface area contributed by atoms with Crippen LogP contribution in [0.2, 0.25) is 18.1 Å². The molecule has 0 bridgehead atoms. The number of carbonyl (C=O) groups excluding carboxylic acids is 4. The van der Waals surface area contributed by atoms with Gasteiger partial charge in [-0.3, -0.25) is 19.4 Å². The number of ketones is 2. The van der Waals surface area contributed by atoms with Gasteiger partial charge in [0, 0.05) is 62.1 Å². The minimum Gasteiger partial charge on any atom is -0.457 e. The second kappa shape index (κ2) is 17.2. The van der Waals surface area contributed by atoms with Gasteiger partial charge in [-0.15, -0.1) is 0 Å². The molecule has 2 aliphatic heterocycles. The van der Waals surface area contributed by atoms with Crippen molar-refractivity contribution in [2.45, 2.75) is 142 Å². The molecule has 0 aromatic carbocycles. The minimum atomic E-state index is -2.46. The van der Waals surface area contributed by atoms with E-state index < -0.39 is 67.4 Å². The van der Waals surface area contributed by atoms with E-state index >= 15 is 0 Å². The van der Waals surface area contributed by atoms with Crippen molar-refractivity contribution in [1.82, 2.24) is 19.4 Å². The third-order valence-electron chi connectivity index (χ3n) is 12.3. The number of aryl methyl sites for hydroxylation is 1. The summed E-state index contributed by atoms with van der Waals surface area (Å²) in [6.45, 7) is 22.4. The summed E-state index contributed by atoms with van der Waals surface area (Å²) < 4.78 is 27.6. The average molecular weight is 769 g/mol. The summed E-state index contributed by atoms with van der Waals surface area (Å²) in [6.07, 6.45) is 8.03. The zero-order valence-corrected chi connectivity index (χ0v) is 35.6. The molecule has 2 aromatic heterocycles. The summed E-state index contributed by atoms with van der Waals surface area (Å²) in [4.78, 5) is 66.8. The van der Waals surface area contributed by atoms with Gasteiger partial charge in [0.05, 0.1) is 30.3 Å². The van der Waals surface area contributed by atoms with Crippen LogP contribution >= 0.6 is 0 Å². The summed E-state index contributed by atoms with van der Waals surface area (Å²) in [5, 5.41) is -0.177. The highest BCUT2D eigenvalue weighted by Gasteiger charge is 2.63. The van der Waals surface area contributed by atoms with Crippen molar-refractivity contribution < 1.29 is 37.8 Å². The first-order valence-electron chi connectivity index (χ1n) is 19.6. The van der Waals surface area contributed by atoms with Gasteiger partial charge in [-0.05, 0) is 76.2 Å². The number of aromatic nitrogens is 3. The van der Waals surface area contributed by atoms with Crippen LogP contribution in [0.4, 0.5) is 4.79 Å². The third kappa shape index (κ3) is 9.33. The number of unbranched alkanes of at least 4 members (excludes halogenated alkanes) is 1. The third-order valence-corrected chi connectivity index (χ3v) is 16.8. The maximum Gasteiger partial charge on any atom is 0.411 e. The van der Waals surface area contributed by atoms with Crippen molar-refractivity contribution in [1.29, 1.82) is 0 Å². The van der Waals surface area contributed by atoms with Crippen molar-refractivity contribution in [2.75, 3.05) is 20.3 Å². The zero-order valence-electron chi connectivity index (χ0n) is 34.6. The van der Waals surface area contributed by atoms with E-state index in [2.05, 4.69) is 43.8 Å². The topological polar surface area (TPSA) is 139 Å². The van der Waals surface area contributed by atoms with Crippen molar-refractivity contribution in [3.05, 3.63) is 37.1 Å². The summed E-state index contributed by atoms with van der Waals surface area (Å²) in [5.74, 6) is -3.76. The van der Waals surface area contributed by atoms with Crippen molar-refractivity contribution in [3.63, 3.8) is 0 Å². The van der Waals surface area contributed by atoms with Gasteiger partial charge in [0.25, 0.3) is 0 Å². The first kappa shape index (κ1) is 43.3. The van der Waals surface area contributed by atoms with E-state index in [4.69, 9.17) is 18.6 Å². The molecule has 4 rings (SSSR count). The van der Waals surface area contributed by atoms with Crippen molar-refractivity contribution in [3.8, 4) is 11.3 Å². The Morgan fingerprint density at radius 2 is 1.65 bits per heavy atom. The smallest absolute Gasteiger partial charge is 0.411 e. The van der Waals surface area contributed by atoms with Gasteiger partial charge in [0.15, 0.2) is 13.9 Å². The highest BCUT2D eigenvalue weighted by molar-refractivity contribution is 6.74. The largest absolute Gasteiger partial charge is 0.457 e. The standard InChI is InChI=1S/C41H64N4O8Si/c1-13-33-41(25-51-54(11,12)39(6,7)8)36(29(4)34(46)27(2)21-40(9,50-10)22-28(3)35(47)30(5)37(48)52-33)45(38(49)53-41)20-15-14-19-44-24-32(43-26-44)31-17-16-18-42-23-31/h16-18,23-24,26-30,33,36H,13-15,19-22,25H2,1-12H3/t27?,28-,29+,30-,33-,36-,40?,41-/m1/s1. The Bertz CT molecular complexity index is 1630. The summed E-state index contributed by atoms with van der Waals surface area (Å²) in [5.41, 5.74) is -0.566. The van der Waals surface area contributed by atoms with E-state index in [0.29, 0.717) is 32.4 Å². The molecule has 13 heteroatoms. The zero-order chi connectivity index (χ0) is 40.2. The predicted molar refractivity (Wildman–Crippen MR) is 209 cm³/mol. The maximum atomic E-state index is 14.6. The molecule has 12 nitrogen and oxygen atoms in total. The van der Waals surface area contributed by atoms with Crippen LogP contribution in [0.25, 0.3) is 11.3 Å². The van der Waals surface area contributed by atoms with Crippen molar-refractivity contribution >= 4 is 31.9 Å². The Morgan fingerprint density at radius 3 is 2.24 bits per heavy atom. The monoisotopic (exact) mass is 768 g/mol. The van der Waals surface area contributed by atoms with Crippen molar-refractivity contribution in [2.24, 2.45) is 23.7 Å². The van der Waals surface area contributed by atoms with Gasteiger partial charge in [0.1, 0.15) is 23.6 Å². The van der Waals surface area contributed by atoms with Gasteiger partial charge in [-0.1, -0.05) is 48.5 Å². The van der Waals surface area contributed by atoms with Gasteiger partial charge < -0.3 is 28.1 Å². The Balaban J connectivity index is 1.74. The Hall–Kier alpha value is -3.42. The van der Waals surface area contributed by atoms with Crippen LogP contribution in [0.3, 0.4) is 0 Å². The fourth-order valence-electron chi connectivity index (χ4n) is 7.94. The van der Waals surface area contributed by atoms with E-state index in [1.165, 1.54) is 0 Å². The van der Waals surface area contributed by atoms with Crippen LogP contribution in [-0.2, 0) is 39.6 Å². The van der Waals surface area contributed by atoms with Gasteiger partial charge in [0.2, 0.25) is 0 Å². The Kier molecular flexibility index (Phi) is 13.8. The molecule has 1 amide bonds. The average Bonchev–Trinajstić information content (AvgIpc) is 3.71. The van der Waals surface area contributed by atoms with E-state index in [9.17, 15) is 19.2 Å². The Morgan fingerprint density at radius 1 is 1.00 bits per heavy atom. The first-order chi connectivity index (χ1) is 25.2. The second-order valence-electron chi connectivity index (χ2n) is 17.5. The maximum absolute atomic E-state index is 14.6. The van der Waals surface area contributed by atoms with Crippen LogP contribution in [0.1, 0.15) is 94.4 Å². The molecule has 2 unspecified atom stereocenters. The number of amides is 1. The number of imidazole rings is 1. The van der Waals surface area contributed by atoms with Gasteiger partial charge in [-0.2, -0.15) is 0 Å². The molecule has 4 heterocycles. The Labute approximate surface area is 323 Å². The number of carbonyl (C=O) groups is 4. The van der Waals surface area contributed by atoms with Crippen LogP contribution in [-0.4, -0.2) is 95.0 Å². The fourth-order valence-corrected chi connectivity index (χ4v) is 8.96. The van der Waals surface area contributed by atoms with E-state index in [-0.39, 0.29) is 29.6 Å². The molecule has 0 aliphatic carbocycles. The van der Waals surface area contributed by atoms with Crippen LogP contribution in [0.5, 0.6) is 0 Å². The number of cyclic esters (lactones) is 1. The predicted octanol–water partition coefficient (Wildman–Crippen LogP) is 7.51. The molecule has 2 saturated heterocycles. The lowest BCUT2D eigenvalue weighted by Crippen LogP contribution is -2.63. The summed E-state index contributed by atoms with van der Waals surface area (Å²) in [6, 6.07) is 3.03. The van der Waals surface area contributed by atoms with E-state index in [1.807, 2.05) is 50.6 Å². The number of hydrogen-bond acceptors (Lipinski definition) is 10. The number of ether oxygens (including phenoxy) is 3. The molecule has 300 valence electrons. The van der Waals surface area contributed by atoms with Gasteiger partial charge in [-0.25, -0.2) is 9.78 Å². The molecule has 0 spiro atoms. The second-order valence-corrected chi connectivity index (χ2v) is 22.3. The lowest BCUT2D eigenvalue weighted by atomic mass is 9.73. The molecule has 2 aliphatic rings. The molecule has 0 radical (unpaired) electrons. The number of hydrogen-bond donors (Lipinski definition) is 0. The number of rotatable bonds is 11. The molecule has 2 fully saturated rings. The lowest BCUT2D eigenvalue weighted by Gasteiger charge is -2.45. The SMILES string of the molecule is CC[C@H]1OC(=O)[C@H](C)C(=O)[C@H](C)CC(C)(OC)CC(C)C(=O)[C@H](C)[C@H]2N(CCCCn3cnc(-c4cccnc4)c3)C(=O)O[C@]12CO[Si](C)(C)C(C)(C)C. The number of Topliss-reactive ketones (excluding diaryl/α,β-unsaturated/α-hetero) is 2. The molecule has 2 aromatic rings. The molecular formula is C41H64N4O8Si. The normalized spacial score (nSPS) is 30.5. The van der Waals surface area contributed by atoms with E-state index in [0.717, 1.165) is 17.7 Å². The number of fused-ring (bicyclic) bond motifs is 1. The highest BCUT2D eigenvalue weighted by atomic mass is 28.4. The number of pyridine rings is 1. The minimum absolute atomic E-state index is 0.0600. The van der Waals surface area contributed by atoms with Crippen LogP contribution < -0.4 is 0 Å². The molecule has 0 N–H and O–H groups in total. The van der Waals surface area contributed by atoms with Gasteiger partial charge >= 0.3 is 12.1 Å². The quantitative estimate of drug-likeness (QED) is 0.0977. The fraction of sp³-hybridized carbons (Fsp3) is 0.707. The molecule has 0 saturated carbocycles. The molecular weight excluding hydrogens is 705 g/mol. The lowest BCUT2D eigenvalue weighted by molar-refractivity contribution is -0.177. The first-order valence-corrected chi connectivity index (χ1v) is 22.5.